The molecule has 2 aromatic rings. The average molecular weight is 358 g/mol. The van der Waals surface area contributed by atoms with Crippen LogP contribution < -0.4 is 5.32 Å². The molecule has 1 N–H and O–H groups in total. The molecule has 2 aromatic carbocycles. The Balaban J connectivity index is 2.08. The van der Waals surface area contributed by atoms with E-state index in [1.807, 2.05) is 18.2 Å². The summed E-state index contributed by atoms with van der Waals surface area (Å²) in [5, 5.41) is 2.75. The zero-order chi connectivity index (χ0) is 14.5. The van der Waals surface area contributed by atoms with E-state index in [9.17, 15) is 13.6 Å². The predicted molar refractivity (Wildman–Crippen MR) is 80.4 cm³/mol. The van der Waals surface area contributed by atoms with Crippen molar-refractivity contribution in [3.63, 3.8) is 0 Å². The van der Waals surface area contributed by atoms with Crippen molar-refractivity contribution in [2.45, 2.75) is 10.7 Å². The smallest absolute Gasteiger partial charge is 0.288 e. The minimum Gasteiger partial charge on any atom is -0.321 e. The van der Waals surface area contributed by atoms with Gasteiger partial charge in [-0.25, -0.2) is 0 Å². The van der Waals surface area contributed by atoms with Crippen LogP contribution in [0.1, 0.15) is 10.4 Å². The molecule has 0 bridgehead atoms. The standard InChI is InChI=1S/C14H10BrF2NOS/c15-11-3-1-2-4-12(11)18-13(19)9-5-7-10(8-6-9)20-14(16)17/h1-8,14H,(H,18,19). The fraction of sp³-hybridized carbons (Fsp3) is 0.0714. The Kier molecular flexibility index (Phi) is 5.14. The lowest BCUT2D eigenvalue weighted by Gasteiger charge is -2.07. The van der Waals surface area contributed by atoms with Crippen LogP contribution >= 0.6 is 27.7 Å². The third-order valence-corrected chi connectivity index (χ3v) is 3.88. The minimum absolute atomic E-state index is 0.287. The Hall–Kier alpha value is -1.40. The lowest BCUT2D eigenvalue weighted by Crippen LogP contribution is -2.12. The number of para-hydroxylation sites is 1. The van der Waals surface area contributed by atoms with E-state index in [0.717, 1.165) is 4.47 Å². The van der Waals surface area contributed by atoms with E-state index in [4.69, 9.17) is 0 Å². The summed E-state index contributed by atoms with van der Waals surface area (Å²) in [5.41, 5.74) is 1.07. The predicted octanol–water partition coefficient (Wildman–Crippen LogP) is 5.02. The molecule has 0 spiro atoms. The lowest BCUT2D eigenvalue weighted by molar-refractivity contribution is 0.102. The summed E-state index contributed by atoms with van der Waals surface area (Å²) in [6.07, 6.45) is 0. The maximum Gasteiger partial charge on any atom is 0.288 e. The zero-order valence-corrected chi connectivity index (χ0v) is 12.5. The van der Waals surface area contributed by atoms with Crippen LogP contribution in [-0.4, -0.2) is 11.7 Å². The number of thioether (sulfide) groups is 1. The average Bonchev–Trinajstić information content (AvgIpc) is 2.41. The topological polar surface area (TPSA) is 29.1 Å². The second-order valence-corrected chi connectivity index (χ2v) is 5.75. The Labute approximate surface area is 127 Å². The fourth-order valence-electron chi connectivity index (χ4n) is 1.54. The van der Waals surface area contributed by atoms with Crippen molar-refractivity contribution in [1.29, 1.82) is 0 Å². The minimum atomic E-state index is -2.46. The largest absolute Gasteiger partial charge is 0.321 e. The van der Waals surface area contributed by atoms with Gasteiger partial charge in [-0.2, -0.15) is 8.78 Å². The third-order valence-electron chi connectivity index (χ3n) is 2.46. The molecule has 0 unspecified atom stereocenters. The van der Waals surface area contributed by atoms with Crippen molar-refractivity contribution in [1.82, 2.24) is 0 Å². The van der Waals surface area contributed by atoms with E-state index in [1.165, 1.54) is 24.3 Å². The molecule has 104 valence electrons. The molecule has 0 aliphatic heterocycles. The molecular weight excluding hydrogens is 348 g/mol. The highest BCUT2D eigenvalue weighted by Gasteiger charge is 2.09. The summed E-state index contributed by atoms with van der Waals surface area (Å²) in [4.78, 5) is 12.4. The van der Waals surface area contributed by atoms with Gasteiger partial charge in [0, 0.05) is 14.9 Å². The molecule has 0 saturated carbocycles. The number of hydrogen-bond donors (Lipinski definition) is 1. The van der Waals surface area contributed by atoms with E-state index < -0.39 is 5.76 Å². The molecule has 0 aliphatic carbocycles. The first-order chi connectivity index (χ1) is 9.56. The van der Waals surface area contributed by atoms with Crippen LogP contribution in [-0.2, 0) is 0 Å². The molecular formula is C14H10BrF2NOS. The van der Waals surface area contributed by atoms with Crippen LogP contribution in [0, 0.1) is 0 Å². The summed E-state index contributed by atoms with van der Waals surface area (Å²) in [6.45, 7) is 0. The molecule has 0 atom stereocenters. The molecule has 0 aliphatic rings. The molecule has 0 fully saturated rings. The molecule has 20 heavy (non-hydrogen) atoms. The summed E-state index contributed by atoms with van der Waals surface area (Å²) in [5.74, 6) is -2.75. The van der Waals surface area contributed by atoms with Gasteiger partial charge >= 0.3 is 0 Å². The van der Waals surface area contributed by atoms with Gasteiger partial charge in [0.15, 0.2) is 0 Å². The van der Waals surface area contributed by atoms with E-state index >= 15 is 0 Å². The van der Waals surface area contributed by atoms with E-state index in [-0.39, 0.29) is 5.91 Å². The Morgan fingerprint density at radius 1 is 1.10 bits per heavy atom. The third kappa shape index (κ3) is 4.05. The number of halogens is 3. The van der Waals surface area contributed by atoms with E-state index in [0.29, 0.717) is 27.9 Å². The van der Waals surface area contributed by atoms with Gasteiger partial charge in [-0.05, 0) is 52.3 Å². The first-order valence-corrected chi connectivity index (χ1v) is 7.34. The van der Waals surface area contributed by atoms with Crippen molar-refractivity contribution in [2.75, 3.05) is 5.32 Å². The van der Waals surface area contributed by atoms with E-state index in [2.05, 4.69) is 21.2 Å². The molecule has 1 amide bonds. The quantitative estimate of drug-likeness (QED) is 0.778. The fourth-order valence-corrected chi connectivity index (χ4v) is 2.43. The number of anilines is 1. The van der Waals surface area contributed by atoms with Crippen molar-refractivity contribution in [3.05, 3.63) is 58.6 Å². The summed E-state index contributed by atoms with van der Waals surface area (Å²) in [6, 6.07) is 13.3. The monoisotopic (exact) mass is 357 g/mol. The number of carbonyl (C=O) groups is 1. The van der Waals surface area contributed by atoms with Gasteiger partial charge in [0.2, 0.25) is 0 Å². The van der Waals surface area contributed by atoms with Crippen molar-refractivity contribution in [3.8, 4) is 0 Å². The molecule has 0 radical (unpaired) electrons. The van der Waals surface area contributed by atoms with Gasteiger partial charge in [-0.15, -0.1) is 0 Å². The molecule has 6 heteroatoms. The van der Waals surface area contributed by atoms with Crippen LogP contribution in [0.15, 0.2) is 57.9 Å². The van der Waals surface area contributed by atoms with Crippen molar-refractivity contribution < 1.29 is 13.6 Å². The number of carbonyl (C=O) groups excluding carboxylic acids is 1. The maximum absolute atomic E-state index is 12.2. The molecule has 2 rings (SSSR count). The Morgan fingerprint density at radius 2 is 1.75 bits per heavy atom. The summed E-state index contributed by atoms with van der Waals surface area (Å²) in [7, 11) is 0. The highest BCUT2D eigenvalue weighted by Crippen LogP contribution is 2.26. The van der Waals surface area contributed by atoms with Gasteiger partial charge in [0.1, 0.15) is 0 Å². The molecule has 0 heterocycles. The second kappa shape index (κ2) is 6.85. The number of alkyl halides is 2. The molecule has 2 nitrogen and oxygen atoms in total. The van der Waals surface area contributed by atoms with Gasteiger partial charge in [-0.3, -0.25) is 4.79 Å². The zero-order valence-electron chi connectivity index (χ0n) is 10.1. The Morgan fingerprint density at radius 3 is 2.35 bits per heavy atom. The summed E-state index contributed by atoms with van der Waals surface area (Å²) >= 11 is 3.79. The lowest BCUT2D eigenvalue weighted by atomic mass is 10.2. The summed E-state index contributed by atoms with van der Waals surface area (Å²) < 4.78 is 25.2. The number of hydrogen-bond acceptors (Lipinski definition) is 2. The van der Waals surface area contributed by atoms with Gasteiger partial charge in [-0.1, -0.05) is 23.9 Å². The van der Waals surface area contributed by atoms with Crippen molar-refractivity contribution >= 4 is 39.3 Å². The molecule has 0 saturated heterocycles. The maximum atomic E-state index is 12.2. The number of rotatable bonds is 4. The van der Waals surface area contributed by atoms with Gasteiger partial charge in [0.25, 0.3) is 11.7 Å². The van der Waals surface area contributed by atoms with Crippen LogP contribution in [0.4, 0.5) is 14.5 Å². The normalized spacial score (nSPS) is 10.6. The molecule has 0 aromatic heterocycles. The SMILES string of the molecule is O=C(Nc1ccccc1Br)c1ccc(SC(F)F)cc1. The highest BCUT2D eigenvalue weighted by molar-refractivity contribution is 9.10. The number of benzene rings is 2. The second-order valence-electron chi connectivity index (χ2n) is 3.84. The van der Waals surface area contributed by atoms with Crippen molar-refractivity contribution in [2.24, 2.45) is 0 Å². The Bertz CT molecular complexity index is 604. The van der Waals surface area contributed by atoms with Gasteiger partial charge < -0.3 is 5.32 Å². The number of amides is 1. The van der Waals surface area contributed by atoms with Crippen LogP contribution in [0.5, 0.6) is 0 Å². The van der Waals surface area contributed by atoms with Crippen LogP contribution in [0.25, 0.3) is 0 Å². The first kappa shape index (κ1) is 15.0. The van der Waals surface area contributed by atoms with Crippen LogP contribution in [0.2, 0.25) is 0 Å². The van der Waals surface area contributed by atoms with Crippen LogP contribution in [0.3, 0.4) is 0 Å². The first-order valence-electron chi connectivity index (χ1n) is 5.67. The van der Waals surface area contributed by atoms with E-state index in [1.54, 1.807) is 6.07 Å². The number of nitrogens with one attached hydrogen (secondary N) is 1. The highest BCUT2D eigenvalue weighted by atomic mass is 79.9. The van der Waals surface area contributed by atoms with Gasteiger partial charge in [0.05, 0.1) is 5.69 Å².